The number of hydrogen-bond acceptors (Lipinski definition) is 3. The molecule has 0 saturated heterocycles. The Bertz CT molecular complexity index is 385. The van der Waals surface area contributed by atoms with Crippen LogP contribution < -0.4 is 15.8 Å². The first-order valence-electron chi connectivity index (χ1n) is 6.46. The summed E-state index contributed by atoms with van der Waals surface area (Å²) >= 11 is 0. The third kappa shape index (κ3) is 4.37. The van der Waals surface area contributed by atoms with Crippen molar-refractivity contribution in [2.75, 3.05) is 19.7 Å². The quantitative estimate of drug-likeness (QED) is 0.759. The molecule has 4 nitrogen and oxygen atoms in total. The van der Waals surface area contributed by atoms with Gasteiger partial charge in [-0.15, -0.1) is 0 Å². The lowest BCUT2D eigenvalue weighted by molar-refractivity contribution is -0.123. The predicted molar refractivity (Wildman–Crippen MR) is 70.4 cm³/mol. The van der Waals surface area contributed by atoms with E-state index in [9.17, 15) is 4.79 Å². The molecule has 1 fully saturated rings. The van der Waals surface area contributed by atoms with Crippen LogP contribution in [-0.4, -0.2) is 25.6 Å². The van der Waals surface area contributed by atoms with Gasteiger partial charge in [0.25, 0.3) is 5.91 Å². The average Bonchev–Trinajstić information content (AvgIpc) is 3.20. The number of ether oxygens (including phenoxy) is 1. The van der Waals surface area contributed by atoms with Crippen molar-refractivity contribution in [2.24, 2.45) is 11.7 Å². The fraction of sp³-hybridized carbons (Fsp3) is 0.500. The predicted octanol–water partition coefficient (Wildman–Crippen LogP) is 1.09. The molecule has 3 N–H and O–H groups in total. The second-order valence-corrected chi connectivity index (χ2v) is 4.72. The second-order valence-electron chi connectivity index (χ2n) is 4.72. The topological polar surface area (TPSA) is 64.3 Å². The van der Waals surface area contributed by atoms with Crippen LogP contribution in [0.25, 0.3) is 0 Å². The van der Waals surface area contributed by atoms with Gasteiger partial charge in [-0.25, -0.2) is 0 Å². The molecule has 0 unspecified atom stereocenters. The van der Waals surface area contributed by atoms with Gasteiger partial charge in [-0.3, -0.25) is 4.79 Å². The molecule has 4 heteroatoms. The van der Waals surface area contributed by atoms with Gasteiger partial charge in [-0.05, 0) is 49.4 Å². The third-order valence-electron chi connectivity index (χ3n) is 3.01. The molecule has 0 radical (unpaired) electrons. The maximum atomic E-state index is 11.5. The van der Waals surface area contributed by atoms with Crippen molar-refractivity contribution in [3.8, 4) is 5.75 Å². The van der Waals surface area contributed by atoms with Crippen LogP contribution in [0.4, 0.5) is 0 Å². The Kier molecular flexibility index (Phi) is 4.59. The van der Waals surface area contributed by atoms with Crippen LogP contribution in [0.15, 0.2) is 24.3 Å². The lowest BCUT2D eigenvalue weighted by atomic mass is 10.1. The fourth-order valence-electron chi connectivity index (χ4n) is 1.70. The average molecular weight is 248 g/mol. The Labute approximate surface area is 108 Å². The number of hydrogen-bond donors (Lipinski definition) is 2. The molecule has 1 aliphatic rings. The Hall–Kier alpha value is -1.55. The normalized spacial score (nSPS) is 14.3. The van der Waals surface area contributed by atoms with E-state index in [1.807, 2.05) is 24.3 Å². The SMILES string of the molecule is NCCc1ccc(OCC(=O)NCC2CC2)cc1. The van der Waals surface area contributed by atoms with E-state index in [0.717, 1.165) is 18.7 Å². The Morgan fingerprint density at radius 3 is 2.67 bits per heavy atom. The molecule has 0 atom stereocenters. The number of carbonyl (C=O) groups is 1. The lowest BCUT2D eigenvalue weighted by Crippen LogP contribution is -2.30. The number of nitrogens with two attached hydrogens (primary N) is 1. The first-order chi connectivity index (χ1) is 8.78. The van der Waals surface area contributed by atoms with Gasteiger partial charge in [0.1, 0.15) is 5.75 Å². The molecule has 0 spiro atoms. The van der Waals surface area contributed by atoms with E-state index in [1.165, 1.54) is 18.4 Å². The number of rotatable bonds is 7. The molecule has 18 heavy (non-hydrogen) atoms. The molecule has 1 aliphatic carbocycles. The Morgan fingerprint density at radius 2 is 2.06 bits per heavy atom. The first kappa shape index (κ1) is 12.9. The first-order valence-corrected chi connectivity index (χ1v) is 6.46. The van der Waals surface area contributed by atoms with E-state index in [0.29, 0.717) is 12.5 Å². The van der Waals surface area contributed by atoms with E-state index >= 15 is 0 Å². The van der Waals surface area contributed by atoms with E-state index in [-0.39, 0.29) is 12.5 Å². The van der Waals surface area contributed by atoms with Gasteiger partial charge in [0.15, 0.2) is 6.61 Å². The molecule has 0 aliphatic heterocycles. The van der Waals surface area contributed by atoms with Gasteiger partial charge < -0.3 is 15.8 Å². The zero-order valence-electron chi connectivity index (χ0n) is 10.5. The van der Waals surface area contributed by atoms with Gasteiger partial charge in [0.2, 0.25) is 0 Å². The highest BCUT2D eigenvalue weighted by atomic mass is 16.5. The molecule has 1 amide bonds. The van der Waals surface area contributed by atoms with Crippen LogP contribution >= 0.6 is 0 Å². The standard InChI is InChI=1S/C14H20N2O2/c15-8-7-11-3-5-13(6-4-11)18-10-14(17)16-9-12-1-2-12/h3-6,12H,1-2,7-10,15H2,(H,16,17). The van der Waals surface area contributed by atoms with E-state index in [2.05, 4.69) is 5.32 Å². The van der Waals surface area contributed by atoms with Crippen LogP contribution in [0.5, 0.6) is 5.75 Å². The molecule has 1 aromatic carbocycles. The van der Waals surface area contributed by atoms with Gasteiger partial charge >= 0.3 is 0 Å². The molecule has 0 heterocycles. The van der Waals surface area contributed by atoms with Crippen LogP contribution in [0, 0.1) is 5.92 Å². The van der Waals surface area contributed by atoms with E-state index < -0.39 is 0 Å². The van der Waals surface area contributed by atoms with Crippen molar-refractivity contribution >= 4 is 5.91 Å². The zero-order valence-corrected chi connectivity index (χ0v) is 10.5. The van der Waals surface area contributed by atoms with Crippen molar-refractivity contribution in [3.05, 3.63) is 29.8 Å². The number of benzene rings is 1. The highest BCUT2D eigenvalue weighted by Crippen LogP contribution is 2.27. The molecule has 0 aromatic heterocycles. The van der Waals surface area contributed by atoms with Crippen LogP contribution in [-0.2, 0) is 11.2 Å². The van der Waals surface area contributed by atoms with Gasteiger partial charge in [-0.1, -0.05) is 12.1 Å². The number of nitrogens with one attached hydrogen (secondary N) is 1. The van der Waals surface area contributed by atoms with E-state index in [4.69, 9.17) is 10.5 Å². The van der Waals surface area contributed by atoms with Crippen molar-refractivity contribution in [1.29, 1.82) is 0 Å². The third-order valence-corrected chi connectivity index (χ3v) is 3.01. The van der Waals surface area contributed by atoms with Crippen molar-refractivity contribution in [3.63, 3.8) is 0 Å². The summed E-state index contributed by atoms with van der Waals surface area (Å²) in [5.74, 6) is 1.37. The van der Waals surface area contributed by atoms with Crippen LogP contribution in [0.1, 0.15) is 18.4 Å². The minimum Gasteiger partial charge on any atom is -0.484 e. The maximum absolute atomic E-state index is 11.5. The summed E-state index contributed by atoms with van der Waals surface area (Å²) in [6, 6.07) is 7.70. The summed E-state index contributed by atoms with van der Waals surface area (Å²) < 4.78 is 5.41. The number of carbonyl (C=O) groups excluding carboxylic acids is 1. The summed E-state index contributed by atoms with van der Waals surface area (Å²) in [6.45, 7) is 1.52. The summed E-state index contributed by atoms with van der Waals surface area (Å²) in [5, 5.41) is 2.87. The molecule has 98 valence electrons. The maximum Gasteiger partial charge on any atom is 0.257 e. The fourth-order valence-corrected chi connectivity index (χ4v) is 1.70. The van der Waals surface area contributed by atoms with Crippen LogP contribution in [0.3, 0.4) is 0 Å². The molecule has 2 rings (SSSR count). The minimum absolute atomic E-state index is 0.0482. The van der Waals surface area contributed by atoms with Gasteiger partial charge in [-0.2, -0.15) is 0 Å². The van der Waals surface area contributed by atoms with Crippen molar-refractivity contribution in [2.45, 2.75) is 19.3 Å². The summed E-state index contributed by atoms with van der Waals surface area (Å²) in [6.07, 6.45) is 3.34. The monoisotopic (exact) mass is 248 g/mol. The Morgan fingerprint density at radius 1 is 1.33 bits per heavy atom. The number of amides is 1. The Balaban J connectivity index is 1.69. The molecular weight excluding hydrogens is 228 g/mol. The second kappa shape index (κ2) is 6.40. The zero-order chi connectivity index (χ0) is 12.8. The highest BCUT2D eigenvalue weighted by molar-refractivity contribution is 5.77. The minimum atomic E-state index is -0.0482. The van der Waals surface area contributed by atoms with E-state index in [1.54, 1.807) is 0 Å². The molecule has 1 saturated carbocycles. The van der Waals surface area contributed by atoms with Crippen molar-refractivity contribution < 1.29 is 9.53 Å². The van der Waals surface area contributed by atoms with Crippen LogP contribution in [0.2, 0.25) is 0 Å². The highest BCUT2D eigenvalue weighted by Gasteiger charge is 2.21. The van der Waals surface area contributed by atoms with Crippen molar-refractivity contribution in [1.82, 2.24) is 5.32 Å². The molecule has 0 bridgehead atoms. The van der Waals surface area contributed by atoms with Gasteiger partial charge in [0, 0.05) is 6.54 Å². The molecule has 1 aromatic rings. The summed E-state index contributed by atoms with van der Waals surface area (Å²) in [4.78, 5) is 11.5. The smallest absolute Gasteiger partial charge is 0.257 e. The largest absolute Gasteiger partial charge is 0.484 e. The lowest BCUT2D eigenvalue weighted by Gasteiger charge is -2.07. The molecular formula is C14H20N2O2. The summed E-state index contributed by atoms with van der Waals surface area (Å²) in [5.41, 5.74) is 6.66. The van der Waals surface area contributed by atoms with Gasteiger partial charge in [0.05, 0.1) is 0 Å². The summed E-state index contributed by atoms with van der Waals surface area (Å²) in [7, 11) is 0.